The third-order valence-electron chi connectivity index (χ3n) is 6.73. The van der Waals surface area contributed by atoms with Crippen LogP contribution in [0.25, 0.3) is 0 Å². The van der Waals surface area contributed by atoms with Gasteiger partial charge in [-0.1, -0.05) is 24.1 Å². The summed E-state index contributed by atoms with van der Waals surface area (Å²) >= 11 is 0. The van der Waals surface area contributed by atoms with Crippen LogP contribution in [-0.2, 0) is 36.8 Å². The molecular formula is C28H24F3N3O8. The zero-order valence-electron chi connectivity index (χ0n) is 21.8. The number of anilines is 1. The molecule has 2 aliphatic heterocycles. The van der Waals surface area contributed by atoms with E-state index in [1.165, 1.54) is 4.90 Å². The Hall–Kier alpha value is -5.06. The predicted octanol–water partition coefficient (Wildman–Crippen LogP) is 1.64. The lowest BCUT2D eigenvalue weighted by molar-refractivity contribution is -0.140. The van der Waals surface area contributed by atoms with E-state index in [1.54, 1.807) is 18.2 Å². The fourth-order valence-corrected chi connectivity index (χ4v) is 4.84. The van der Waals surface area contributed by atoms with Crippen LogP contribution in [0.1, 0.15) is 24.0 Å². The van der Waals surface area contributed by atoms with Crippen LogP contribution in [0.3, 0.4) is 0 Å². The zero-order chi connectivity index (χ0) is 30.6. The van der Waals surface area contributed by atoms with E-state index in [0.717, 1.165) is 5.56 Å². The molecular weight excluding hydrogens is 563 g/mol. The molecule has 0 aliphatic carbocycles. The number of nitrogens with one attached hydrogen (secondary N) is 2. The van der Waals surface area contributed by atoms with Gasteiger partial charge in [0.2, 0.25) is 17.6 Å². The molecule has 0 radical (unpaired) electrons. The number of ether oxygens (including phenoxy) is 2. The summed E-state index contributed by atoms with van der Waals surface area (Å²) in [6, 6.07) is 2.25. The highest BCUT2D eigenvalue weighted by Crippen LogP contribution is 2.39. The Morgan fingerprint density at radius 1 is 1.12 bits per heavy atom. The van der Waals surface area contributed by atoms with Crippen molar-refractivity contribution < 1.29 is 51.7 Å². The molecule has 0 aromatic heterocycles. The van der Waals surface area contributed by atoms with E-state index in [-0.39, 0.29) is 19.4 Å². The second-order valence-electron chi connectivity index (χ2n) is 9.46. The van der Waals surface area contributed by atoms with Crippen LogP contribution < -0.4 is 20.3 Å². The minimum Gasteiger partial charge on any atom is -0.481 e. The van der Waals surface area contributed by atoms with Crippen molar-refractivity contribution in [2.45, 2.75) is 43.8 Å². The third-order valence-corrected chi connectivity index (χ3v) is 6.73. The van der Waals surface area contributed by atoms with Crippen LogP contribution in [0.15, 0.2) is 30.3 Å². The molecule has 1 unspecified atom stereocenters. The van der Waals surface area contributed by atoms with Crippen LogP contribution in [0.5, 0.6) is 5.75 Å². The first-order chi connectivity index (χ1) is 20.0. The number of alkyl carbamates (subject to hydrolysis) is 1. The summed E-state index contributed by atoms with van der Waals surface area (Å²) in [5.41, 5.74) is 1.83. The van der Waals surface area contributed by atoms with Gasteiger partial charge in [-0.2, -0.15) is 4.39 Å². The number of aliphatic carboxylic acids is 1. The number of carbonyl (C=O) groups excluding carboxylic acids is 4. The molecule has 2 aromatic carbocycles. The largest absolute Gasteiger partial charge is 0.481 e. The maximum Gasteiger partial charge on any atom is 0.408 e. The number of Topliss-reactive ketones (excluding diaryl/α,β-unsaturated/α-hetero) is 1. The topological polar surface area (TPSA) is 151 Å². The number of halogens is 3. The number of carboxylic acids is 1. The molecule has 42 heavy (non-hydrogen) atoms. The molecule has 2 aromatic rings. The molecule has 3 atom stereocenters. The summed E-state index contributed by atoms with van der Waals surface area (Å²) in [6.45, 7) is -1.42. The average molecular weight is 588 g/mol. The Morgan fingerprint density at radius 3 is 2.55 bits per heavy atom. The van der Waals surface area contributed by atoms with Gasteiger partial charge in [0.05, 0.1) is 12.1 Å². The second kappa shape index (κ2) is 12.6. The molecule has 3 amide bonds. The van der Waals surface area contributed by atoms with Gasteiger partial charge in [0.15, 0.2) is 29.8 Å². The molecule has 4 rings (SSSR count). The molecule has 11 nitrogen and oxygen atoms in total. The van der Waals surface area contributed by atoms with Gasteiger partial charge in [-0.15, -0.1) is 6.42 Å². The van der Waals surface area contributed by atoms with Crippen molar-refractivity contribution in [1.29, 1.82) is 0 Å². The van der Waals surface area contributed by atoms with Gasteiger partial charge in [-0.25, -0.2) is 13.6 Å². The molecule has 2 aliphatic rings. The molecule has 2 heterocycles. The van der Waals surface area contributed by atoms with Gasteiger partial charge in [-0.05, 0) is 36.1 Å². The number of hydrogen-bond acceptors (Lipinski definition) is 7. The van der Waals surface area contributed by atoms with Crippen molar-refractivity contribution in [2.24, 2.45) is 0 Å². The summed E-state index contributed by atoms with van der Waals surface area (Å²) < 4.78 is 50.9. The van der Waals surface area contributed by atoms with Crippen molar-refractivity contribution in [2.75, 3.05) is 18.1 Å². The number of benzene rings is 2. The van der Waals surface area contributed by atoms with E-state index in [4.69, 9.17) is 15.9 Å². The lowest BCUT2D eigenvalue weighted by atomic mass is 10.0. The number of carboxylic acid groups (broad SMARTS) is 1. The number of ketones is 1. The summed E-state index contributed by atoms with van der Waals surface area (Å²) in [7, 11) is 0. The Labute approximate surface area is 237 Å². The SMILES string of the molecule is C#CCOC(=O)N[C@H]1CCc2cccc3c2N(C1=O)[C@H](C(=O)NC(CC(=O)O)C(=O)COc1c(F)ccc(F)c1F)C3. The van der Waals surface area contributed by atoms with E-state index in [2.05, 4.69) is 16.6 Å². The molecule has 0 spiro atoms. The maximum absolute atomic E-state index is 13.9. The fraction of sp³-hybridized carbons (Fsp3) is 0.321. The van der Waals surface area contributed by atoms with E-state index >= 15 is 0 Å². The molecule has 0 bridgehead atoms. The first-order valence-corrected chi connectivity index (χ1v) is 12.6. The Kier molecular flexibility index (Phi) is 8.99. The van der Waals surface area contributed by atoms with E-state index in [9.17, 15) is 42.3 Å². The highest BCUT2D eigenvalue weighted by atomic mass is 19.2. The quantitative estimate of drug-likeness (QED) is 0.281. The van der Waals surface area contributed by atoms with Crippen molar-refractivity contribution >= 4 is 35.3 Å². The van der Waals surface area contributed by atoms with Crippen LogP contribution in [0.2, 0.25) is 0 Å². The number of para-hydroxylation sites is 1. The number of carbonyl (C=O) groups is 5. The smallest absolute Gasteiger partial charge is 0.408 e. The van der Waals surface area contributed by atoms with Crippen LogP contribution in [-0.4, -0.2) is 66.1 Å². The first-order valence-electron chi connectivity index (χ1n) is 12.6. The van der Waals surface area contributed by atoms with Crippen LogP contribution in [0, 0.1) is 29.8 Å². The molecule has 0 fully saturated rings. The van der Waals surface area contributed by atoms with Gasteiger partial charge < -0.3 is 25.2 Å². The summed E-state index contributed by atoms with van der Waals surface area (Å²) in [4.78, 5) is 64.7. The third kappa shape index (κ3) is 6.30. The van der Waals surface area contributed by atoms with Gasteiger partial charge >= 0.3 is 12.1 Å². The minimum absolute atomic E-state index is 0.0131. The number of hydrogen-bond donors (Lipinski definition) is 3. The molecule has 14 heteroatoms. The fourth-order valence-electron chi connectivity index (χ4n) is 4.84. The molecule has 220 valence electrons. The average Bonchev–Trinajstić information content (AvgIpc) is 3.29. The minimum atomic E-state index is -1.73. The highest BCUT2D eigenvalue weighted by molar-refractivity contribution is 6.08. The summed E-state index contributed by atoms with van der Waals surface area (Å²) in [6.07, 6.45) is 3.79. The van der Waals surface area contributed by atoms with Gasteiger partial charge in [0, 0.05) is 6.42 Å². The van der Waals surface area contributed by atoms with Crippen molar-refractivity contribution in [3.63, 3.8) is 0 Å². The zero-order valence-corrected chi connectivity index (χ0v) is 21.8. The van der Waals surface area contributed by atoms with Crippen molar-refractivity contribution in [3.05, 3.63) is 58.9 Å². The Bertz CT molecular complexity index is 1490. The van der Waals surface area contributed by atoms with E-state index in [1.807, 2.05) is 0 Å². The molecule has 0 saturated heterocycles. The summed E-state index contributed by atoms with van der Waals surface area (Å²) in [5, 5.41) is 14.1. The number of nitrogens with zero attached hydrogens (tertiary/aromatic N) is 1. The van der Waals surface area contributed by atoms with E-state index < -0.39 is 84.0 Å². The van der Waals surface area contributed by atoms with Crippen molar-refractivity contribution in [3.8, 4) is 18.1 Å². The lowest BCUT2D eigenvalue weighted by Gasteiger charge is -2.28. The number of aryl methyl sites for hydroxylation is 1. The number of terminal acetylenes is 1. The highest BCUT2D eigenvalue weighted by Gasteiger charge is 2.45. The van der Waals surface area contributed by atoms with Crippen molar-refractivity contribution in [1.82, 2.24) is 10.6 Å². The van der Waals surface area contributed by atoms with Gasteiger partial charge in [-0.3, -0.25) is 24.1 Å². The lowest BCUT2D eigenvalue weighted by Crippen LogP contribution is -2.56. The molecule has 3 N–H and O–H groups in total. The number of rotatable bonds is 10. The Balaban J connectivity index is 1.54. The van der Waals surface area contributed by atoms with E-state index in [0.29, 0.717) is 29.8 Å². The predicted molar refractivity (Wildman–Crippen MR) is 138 cm³/mol. The first kappa shape index (κ1) is 29.9. The maximum atomic E-state index is 13.9. The van der Waals surface area contributed by atoms with Gasteiger partial charge in [0.1, 0.15) is 24.7 Å². The second-order valence-corrected chi connectivity index (χ2v) is 9.46. The standard InChI is InChI=1S/C28H24F3N3O8/c1-2-10-41-28(40)33-18-9-6-14-4-3-5-15-11-20(34(24(14)15)27(18)39)26(38)32-19(12-22(36)37)21(35)13-42-25-17(30)8-7-16(29)23(25)31/h1,3-5,7-8,18-20H,6,9-13H2,(H,32,38)(H,33,40)(H,36,37)/t18-,19?,20-/m0/s1. The molecule has 0 saturated carbocycles. The Morgan fingerprint density at radius 2 is 1.83 bits per heavy atom. The number of amides is 3. The van der Waals surface area contributed by atoms with Crippen LogP contribution in [0.4, 0.5) is 23.7 Å². The summed E-state index contributed by atoms with van der Waals surface area (Å²) in [5.74, 6) is -7.59. The van der Waals surface area contributed by atoms with Gasteiger partial charge in [0.25, 0.3) is 0 Å². The monoisotopic (exact) mass is 587 g/mol. The normalized spacial score (nSPS) is 17.8. The van der Waals surface area contributed by atoms with Crippen LogP contribution >= 0.6 is 0 Å².